The molecule has 0 saturated carbocycles. The van der Waals surface area contributed by atoms with Crippen molar-refractivity contribution < 1.29 is 19.1 Å². The lowest BCUT2D eigenvalue weighted by molar-refractivity contribution is -0.114. The van der Waals surface area contributed by atoms with E-state index in [2.05, 4.69) is 10.6 Å². The molecule has 0 bridgehead atoms. The standard InChI is InChI=1S/C20H21N3O4S/c1-14-6-8-15(9-7-14)21-18(24)12-28-13-19(25)22-16-4-2-3-5-17(16)23-10-11-27-20(23)26/h2-9H,10-13H2,1H3,(H,21,24)(H,22,25). The van der Waals surface area contributed by atoms with Crippen molar-refractivity contribution in [3.05, 3.63) is 54.1 Å². The number of carbonyl (C=O) groups excluding carboxylic acids is 3. The van der Waals surface area contributed by atoms with Crippen molar-refractivity contribution in [1.82, 2.24) is 0 Å². The zero-order valence-corrected chi connectivity index (χ0v) is 16.3. The molecule has 1 saturated heterocycles. The fourth-order valence-corrected chi connectivity index (χ4v) is 3.30. The smallest absolute Gasteiger partial charge is 0.414 e. The molecule has 0 unspecified atom stereocenters. The highest BCUT2D eigenvalue weighted by Crippen LogP contribution is 2.28. The van der Waals surface area contributed by atoms with Gasteiger partial charge in [-0.1, -0.05) is 29.8 Å². The number of rotatable bonds is 7. The Hall–Kier alpha value is -3.00. The molecule has 1 aliphatic heterocycles. The third-order valence-corrected chi connectivity index (χ3v) is 4.96. The molecule has 0 aliphatic carbocycles. The van der Waals surface area contributed by atoms with Gasteiger partial charge in [-0.05, 0) is 31.2 Å². The number of nitrogens with zero attached hydrogens (tertiary/aromatic N) is 1. The molecule has 0 aromatic heterocycles. The number of carbonyl (C=O) groups is 3. The van der Waals surface area contributed by atoms with E-state index in [9.17, 15) is 14.4 Å². The van der Waals surface area contributed by atoms with Crippen molar-refractivity contribution >= 4 is 46.7 Å². The molecule has 1 fully saturated rings. The lowest BCUT2D eigenvalue weighted by atomic mass is 10.2. The number of cyclic esters (lactones) is 1. The number of hydrogen-bond donors (Lipinski definition) is 2. The molecule has 1 heterocycles. The number of aryl methyl sites for hydroxylation is 1. The van der Waals surface area contributed by atoms with Gasteiger partial charge in [0.2, 0.25) is 11.8 Å². The summed E-state index contributed by atoms with van der Waals surface area (Å²) in [6.45, 7) is 2.75. The Labute approximate surface area is 167 Å². The van der Waals surface area contributed by atoms with Crippen molar-refractivity contribution in [2.24, 2.45) is 0 Å². The van der Waals surface area contributed by atoms with Gasteiger partial charge in [-0.15, -0.1) is 11.8 Å². The van der Waals surface area contributed by atoms with Crippen LogP contribution in [0.3, 0.4) is 0 Å². The monoisotopic (exact) mass is 399 g/mol. The lowest BCUT2D eigenvalue weighted by Crippen LogP contribution is -2.25. The van der Waals surface area contributed by atoms with Crippen LogP contribution in [0.1, 0.15) is 5.56 Å². The van der Waals surface area contributed by atoms with Gasteiger partial charge >= 0.3 is 6.09 Å². The van der Waals surface area contributed by atoms with E-state index in [-0.39, 0.29) is 23.3 Å². The average molecular weight is 399 g/mol. The number of thioether (sulfide) groups is 1. The van der Waals surface area contributed by atoms with Crippen LogP contribution in [-0.2, 0) is 14.3 Å². The molecule has 0 atom stereocenters. The molecule has 3 amide bonds. The van der Waals surface area contributed by atoms with E-state index < -0.39 is 6.09 Å². The first-order valence-corrected chi connectivity index (χ1v) is 9.96. The predicted octanol–water partition coefficient (Wildman–Crippen LogP) is 3.26. The van der Waals surface area contributed by atoms with Gasteiger partial charge in [0.15, 0.2) is 0 Å². The minimum absolute atomic E-state index is 0.125. The molecule has 7 nitrogen and oxygen atoms in total. The minimum Gasteiger partial charge on any atom is -0.447 e. The second-order valence-electron chi connectivity index (χ2n) is 6.24. The van der Waals surface area contributed by atoms with E-state index in [0.717, 1.165) is 11.3 Å². The van der Waals surface area contributed by atoms with E-state index in [1.807, 2.05) is 31.2 Å². The van der Waals surface area contributed by atoms with Gasteiger partial charge in [-0.3, -0.25) is 14.5 Å². The first-order valence-electron chi connectivity index (χ1n) is 8.80. The zero-order chi connectivity index (χ0) is 19.9. The van der Waals surface area contributed by atoms with Crippen molar-refractivity contribution in [2.45, 2.75) is 6.92 Å². The van der Waals surface area contributed by atoms with Crippen molar-refractivity contribution in [3.63, 3.8) is 0 Å². The van der Waals surface area contributed by atoms with Gasteiger partial charge in [0.05, 0.1) is 29.4 Å². The van der Waals surface area contributed by atoms with E-state index in [4.69, 9.17) is 4.74 Å². The van der Waals surface area contributed by atoms with Gasteiger partial charge < -0.3 is 15.4 Å². The Bertz CT molecular complexity index is 870. The summed E-state index contributed by atoms with van der Waals surface area (Å²) in [5.74, 6) is -0.114. The second-order valence-corrected chi connectivity index (χ2v) is 7.22. The highest BCUT2D eigenvalue weighted by atomic mass is 32.2. The Morgan fingerprint density at radius 1 is 1.04 bits per heavy atom. The maximum absolute atomic E-state index is 12.2. The third kappa shape index (κ3) is 5.26. The zero-order valence-electron chi connectivity index (χ0n) is 15.4. The van der Waals surface area contributed by atoms with Crippen LogP contribution in [0, 0.1) is 6.92 Å². The Kier molecular flexibility index (Phi) is 6.54. The summed E-state index contributed by atoms with van der Waals surface area (Å²) >= 11 is 1.22. The molecule has 0 spiro atoms. The topological polar surface area (TPSA) is 87.7 Å². The molecule has 1 aliphatic rings. The molecular weight excluding hydrogens is 378 g/mol. The summed E-state index contributed by atoms with van der Waals surface area (Å²) in [6.07, 6.45) is -0.427. The van der Waals surface area contributed by atoms with E-state index >= 15 is 0 Å². The molecule has 2 aromatic carbocycles. The van der Waals surface area contributed by atoms with Crippen LogP contribution in [0.2, 0.25) is 0 Å². The summed E-state index contributed by atoms with van der Waals surface area (Å²) in [5, 5.41) is 5.59. The SMILES string of the molecule is Cc1ccc(NC(=O)CSCC(=O)Nc2ccccc2N2CCOC2=O)cc1. The number of amides is 3. The normalized spacial score (nSPS) is 13.2. The van der Waals surface area contributed by atoms with Crippen molar-refractivity contribution in [1.29, 1.82) is 0 Å². The van der Waals surface area contributed by atoms with Crippen LogP contribution in [-0.4, -0.2) is 42.6 Å². The highest BCUT2D eigenvalue weighted by molar-refractivity contribution is 8.00. The minimum atomic E-state index is -0.427. The van der Waals surface area contributed by atoms with Gasteiger partial charge in [-0.25, -0.2) is 4.79 Å². The van der Waals surface area contributed by atoms with Crippen LogP contribution in [0.25, 0.3) is 0 Å². The van der Waals surface area contributed by atoms with Crippen molar-refractivity contribution in [2.75, 3.05) is 40.2 Å². The van der Waals surface area contributed by atoms with Crippen LogP contribution in [0.4, 0.5) is 21.9 Å². The van der Waals surface area contributed by atoms with Gasteiger partial charge in [0.25, 0.3) is 0 Å². The first-order chi connectivity index (χ1) is 13.5. The summed E-state index contributed by atoms with van der Waals surface area (Å²) in [6, 6.07) is 14.6. The summed E-state index contributed by atoms with van der Waals surface area (Å²) < 4.78 is 4.95. The molecule has 3 rings (SSSR count). The molecule has 146 valence electrons. The van der Waals surface area contributed by atoms with E-state index in [1.54, 1.807) is 24.3 Å². The predicted molar refractivity (Wildman–Crippen MR) is 111 cm³/mol. The fraction of sp³-hybridized carbons (Fsp3) is 0.250. The molecule has 2 N–H and O–H groups in total. The van der Waals surface area contributed by atoms with Crippen molar-refractivity contribution in [3.8, 4) is 0 Å². The van der Waals surface area contributed by atoms with Crippen LogP contribution < -0.4 is 15.5 Å². The Morgan fingerprint density at radius 2 is 1.71 bits per heavy atom. The average Bonchev–Trinajstić information content (AvgIpc) is 3.10. The van der Waals surface area contributed by atoms with Gasteiger partial charge in [0, 0.05) is 5.69 Å². The fourth-order valence-electron chi connectivity index (χ4n) is 2.68. The summed E-state index contributed by atoms with van der Waals surface area (Å²) in [7, 11) is 0. The first kappa shape index (κ1) is 19.8. The molecule has 28 heavy (non-hydrogen) atoms. The molecule has 8 heteroatoms. The number of benzene rings is 2. The largest absolute Gasteiger partial charge is 0.447 e. The molecule has 2 aromatic rings. The maximum Gasteiger partial charge on any atom is 0.414 e. The summed E-state index contributed by atoms with van der Waals surface area (Å²) in [4.78, 5) is 37.5. The van der Waals surface area contributed by atoms with Gasteiger partial charge in [0.1, 0.15) is 6.61 Å². The Balaban J connectivity index is 1.48. The number of anilines is 3. The molecule has 0 radical (unpaired) electrons. The van der Waals surface area contributed by atoms with Crippen LogP contribution >= 0.6 is 11.8 Å². The lowest BCUT2D eigenvalue weighted by Gasteiger charge is -2.17. The van der Waals surface area contributed by atoms with Crippen LogP contribution in [0.5, 0.6) is 0 Å². The highest BCUT2D eigenvalue weighted by Gasteiger charge is 2.25. The summed E-state index contributed by atoms with van der Waals surface area (Å²) in [5.41, 5.74) is 2.98. The van der Waals surface area contributed by atoms with Gasteiger partial charge in [-0.2, -0.15) is 0 Å². The quantitative estimate of drug-likeness (QED) is 0.746. The van der Waals surface area contributed by atoms with E-state index in [0.29, 0.717) is 24.5 Å². The Morgan fingerprint density at radius 3 is 2.39 bits per heavy atom. The number of ether oxygens (including phenoxy) is 1. The van der Waals surface area contributed by atoms with Crippen LogP contribution in [0.15, 0.2) is 48.5 Å². The number of para-hydroxylation sites is 2. The third-order valence-electron chi connectivity index (χ3n) is 4.03. The number of nitrogens with one attached hydrogen (secondary N) is 2. The van der Waals surface area contributed by atoms with E-state index in [1.165, 1.54) is 16.7 Å². The maximum atomic E-state index is 12.2. The second kappa shape index (κ2) is 9.27. The number of hydrogen-bond acceptors (Lipinski definition) is 5. The molecular formula is C20H21N3O4S.